The molecule has 4 aromatic rings. The van der Waals surface area contributed by atoms with Crippen LogP contribution in [0, 0.1) is 11.3 Å². The minimum atomic E-state index is 0.0162. The van der Waals surface area contributed by atoms with Crippen LogP contribution in [-0.2, 0) is 13.1 Å². The van der Waals surface area contributed by atoms with E-state index in [1.807, 2.05) is 64.5 Å². The second-order valence-corrected chi connectivity index (χ2v) is 7.68. The third kappa shape index (κ3) is 3.62. The second kappa shape index (κ2) is 7.96. The van der Waals surface area contributed by atoms with Crippen LogP contribution in [0.1, 0.15) is 16.8 Å². The molecule has 0 aliphatic carbocycles. The van der Waals surface area contributed by atoms with Gasteiger partial charge in [0.05, 0.1) is 35.9 Å². The van der Waals surface area contributed by atoms with E-state index in [0.717, 1.165) is 27.7 Å². The number of rotatable bonds is 5. The van der Waals surface area contributed by atoms with Gasteiger partial charge >= 0.3 is 6.03 Å². The van der Waals surface area contributed by atoms with E-state index < -0.39 is 0 Å². The van der Waals surface area contributed by atoms with Gasteiger partial charge in [0.15, 0.2) is 0 Å². The van der Waals surface area contributed by atoms with Crippen LogP contribution < -0.4 is 4.90 Å². The molecule has 5 rings (SSSR count). The molecule has 0 saturated carbocycles. The summed E-state index contributed by atoms with van der Waals surface area (Å²) in [7, 11) is 0. The van der Waals surface area contributed by atoms with Gasteiger partial charge in [0.2, 0.25) is 0 Å². The van der Waals surface area contributed by atoms with Crippen molar-refractivity contribution in [1.82, 2.24) is 14.5 Å². The molecule has 1 aromatic heterocycles. The lowest BCUT2D eigenvalue weighted by Gasteiger charge is -2.20. The van der Waals surface area contributed by atoms with Crippen molar-refractivity contribution in [2.45, 2.75) is 13.1 Å². The molecular weight excluding hydrogens is 386 g/mol. The molecule has 1 aliphatic rings. The summed E-state index contributed by atoms with van der Waals surface area (Å²) in [6, 6.07) is 23.9. The number of imidazole rings is 1. The number of aromatic nitrogens is 2. The van der Waals surface area contributed by atoms with Crippen LogP contribution in [0.25, 0.3) is 10.8 Å². The third-order valence-corrected chi connectivity index (χ3v) is 5.74. The smallest absolute Gasteiger partial charge is 0.324 e. The van der Waals surface area contributed by atoms with Crippen LogP contribution in [-0.4, -0.2) is 33.6 Å². The van der Waals surface area contributed by atoms with Gasteiger partial charge in [-0.3, -0.25) is 4.90 Å². The van der Waals surface area contributed by atoms with Crippen LogP contribution in [0.3, 0.4) is 0 Å². The molecular formula is C25H21N5O. The van der Waals surface area contributed by atoms with Crippen molar-refractivity contribution in [2.75, 3.05) is 18.0 Å². The van der Waals surface area contributed by atoms with Crippen LogP contribution in [0.4, 0.5) is 10.5 Å². The van der Waals surface area contributed by atoms with Crippen molar-refractivity contribution in [3.8, 4) is 6.07 Å². The van der Waals surface area contributed by atoms with Gasteiger partial charge in [-0.1, -0.05) is 48.5 Å². The zero-order chi connectivity index (χ0) is 21.2. The summed E-state index contributed by atoms with van der Waals surface area (Å²) in [5.74, 6) is 0. The summed E-state index contributed by atoms with van der Waals surface area (Å²) in [5, 5.41) is 11.2. The maximum Gasteiger partial charge on any atom is 0.324 e. The molecule has 6 heteroatoms. The van der Waals surface area contributed by atoms with Crippen molar-refractivity contribution in [3.05, 3.63) is 96.1 Å². The molecule has 1 aliphatic heterocycles. The lowest BCUT2D eigenvalue weighted by atomic mass is 10.1. The standard InChI is InChI=1S/C25H21N5O/c26-14-19-8-10-20(11-9-19)16-29-18-27-15-22(29)17-28-12-13-30(25(28)31)24-7-3-5-21-4-1-2-6-23(21)24/h1-11,15,18H,12-13,16-17H2. The van der Waals surface area contributed by atoms with Gasteiger partial charge in [-0.05, 0) is 29.1 Å². The molecule has 0 radical (unpaired) electrons. The van der Waals surface area contributed by atoms with E-state index in [1.54, 1.807) is 6.33 Å². The molecule has 1 fully saturated rings. The number of hydrogen-bond donors (Lipinski definition) is 0. The fourth-order valence-corrected chi connectivity index (χ4v) is 4.10. The highest BCUT2D eigenvalue weighted by Gasteiger charge is 2.31. The number of nitrogens with zero attached hydrogens (tertiary/aromatic N) is 5. The molecule has 1 saturated heterocycles. The van der Waals surface area contributed by atoms with Gasteiger partial charge in [-0.15, -0.1) is 0 Å². The normalized spacial score (nSPS) is 13.7. The monoisotopic (exact) mass is 407 g/mol. The van der Waals surface area contributed by atoms with E-state index in [4.69, 9.17) is 5.26 Å². The van der Waals surface area contributed by atoms with E-state index in [-0.39, 0.29) is 6.03 Å². The molecule has 6 nitrogen and oxygen atoms in total. The van der Waals surface area contributed by atoms with Crippen LogP contribution in [0.2, 0.25) is 0 Å². The number of amides is 2. The second-order valence-electron chi connectivity index (χ2n) is 7.68. The first kappa shape index (κ1) is 18.9. The molecule has 0 spiro atoms. The average molecular weight is 407 g/mol. The number of carbonyl (C=O) groups is 1. The van der Waals surface area contributed by atoms with Crippen LogP contribution >= 0.6 is 0 Å². The Morgan fingerprint density at radius 1 is 0.935 bits per heavy atom. The van der Waals surface area contributed by atoms with Crippen LogP contribution in [0.15, 0.2) is 79.3 Å². The Morgan fingerprint density at radius 3 is 2.58 bits per heavy atom. The quantitative estimate of drug-likeness (QED) is 0.493. The van der Waals surface area contributed by atoms with Crippen LogP contribution in [0.5, 0.6) is 0 Å². The predicted octanol–water partition coefficient (Wildman–Crippen LogP) is 4.40. The Kier molecular flexibility index (Phi) is 4.85. The summed E-state index contributed by atoms with van der Waals surface area (Å²) in [5.41, 5.74) is 3.67. The van der Waals surface area contributed by atoms with Gasteiger partial charge in [-0.2, -0.15) is 5.26 Å². The Hall–Kier alpha value is -4.11. The summed E-state index contributed by atoms with van der Waals surface area (Å²) in [6.45, 7) is 2.49. The lowest BCUT2D eigenvalue weighted by molar-refractivity contribution is 0.217. The highest BCUT2D eigenvalue weighted by molar-refractivity contribution is 6.04. The van der Waals surface area contributed by atoms with Gasteiger partial charge in [0, 0.05) is 31.2 Å². The fourth-order valence-electron chi connectivity index (χ4n) is 4.10. The zero-order valence-corrected chi connectivity index (χ0v) is 17.0. The Balaban J connectivity index is 1.33. The molecule has 0 atom stereocenters. The van der Waals surface area contributed by atoms with Crippen molar-refractivity contribution in [1.29, 1.82) is 5.26 Å². The Bertz CT molecular complexity index is 1280. The minimum absolute atomic E-state index is 0.0162. The van der Waals surface area contributed by atoms with Crippen molar-refractivity contribution in [2.24, 2.45) is 0 Å². The zero-order valence-electron chi connectivity index (χ0n) is 17.0. The van der Waals surface area contributed by atoms with E-state index in [9.17, 15) is 4.79 Å². The first-order chi connectivity index (χ1) is 15.2. The Morgan fingerprint density at radius 2 is 1.74 bits per heavy atom. The molecule has 2 heterocycles. The maximum absolute atomic E-state index is 13.2. The summed E-state index contributed by atoms with van der Waals surface area (Å²) < 4.78 is 2.05. The van der Waals surface area contributed by atoms with Gasteiger partial charge in [-0.25, -0.2) is 9.78 Å². The molecule has 3 aromatic carbocycles. The topological polar surface area (TPSA) is 65.2 Å². The lowest BCUT2D eigenvalue weighted by Crippen LogP contribution is -2.32. The molecule has 31 heavy (non-hydrogen) atoms. The fraction of sp³-hybridized carbons (Fsp3) is 0.160. The van der Waals surface area contributed by atoms with Gasteiger partial charge in [0.1, 0.15) is 0 Å². The van der Waals surface area contributed by atoms with Crippen molar-refractivity contribution in [3.63, 3.8) is 0 Å². The number of carbonyl (C=O) groups excluding carboxylic acids is 1. The highest BCUT2D eigenvalue weighted by atomic mass is 16.2. The number of urea groups is 1. The summed E-state index contributed by atoms with van der Waals surface area (Å²) in [6.07, 6.45) is 3.61. The largest absolute Gasteiger partial charge is 0.329 e. The van der Waals surface area contributed by atoms with Crippen molar-refractivity contribution < 1.29 is 4.79 Å². The first-order valence-electron chi connectivity index (χ1n) is 10.3. The molecule has 0 bridgehead atoms. The van der Waals surface area contributed by atoms with E-state index in [2.05, 4.69) is 33.8 Å². The molecule has 2 amide bonds. The molecule has 0 unspecified atom stereocenters. The molecule has 152 valence electrons. The van der Waals surface area contributed by atoms with Gasteiger partial charge in [0.25, 0.3) is 0 Å². The first-order valence-corrected chi connectivity index (χ1v) is 10.3. The number of anilines is 1. The third-order valence-electron chi connectivity index (χ3n) is 5.74. The number of benzene rings is 3. The predicted molar refractivity (Wildman–Crippen MR) is 120 cm³/mol. The summed E-state index contributed by atoms with van der Waals surface area (Å²) in [4.78, 5) is 21.2. The minimum Gasteiger partial charge on any atom is -0.329 e. The number of nitriles is 1. The Labute approximate surface area is 180 Å². The van der Waals surface area contributed by atoms with E-state index in [0.29, 0.717) is 31.7 Å². The average Bonchev–Trinajstić information content (AvgIpc) is 3.40. The maximum atomic E-state index is 13.2. The van der Waals surface area contributed by atoms with E-state index in [1.165, 1.54) is 0 Å². The number of fused-ring (bicyclic) bond motifs is 1. The molecule has 0 N–H and O–H groups in total. The van der Waals surface area contributed by atoms with E-state index >= 15 is 0 Å². The van der Waals surface area contributed by atoms with Gasteiger partial charge < -0.3 is 9.47 Å². The summed E-state index contributed by atoms with van der Waals surface area (Å²) >= 11 is 0. The SMILES string of the molecule is N#Cc1ccc(Cn2cncc2CN2CCN(c3cccc4ccccc34)C2=O)cc1. The highest BCUT2D eigenvalue weighted by Crippen LogP contribution is 2.29. The van der Waals surface area contributed by atoms with Crippen molar-refractivity contribution >= 4 is 22.5 Å². The number of hydrogen-bond acceptors (Lipinski definition) is 3.